The molecule has 0 fully saturated rings. The Labute approximate surface area is 143 Å². The van der Waals surface area contributed by atoms with Crippen LogP contribution < -0.4 is 9.86 Å². The average molecular weight is 383 g/mol. The first-order chi connectivity index (χ1) is 11.7. The molecule has 0 aliphatic heterocycles. The van der Waals surface area contributed by atoms with Gasteiger partial charge < -0.3 is 8.94 Å². The maximum atomic E-state index is 12.5. The summed E-state index contributed by atoms with van der Waals surface area (Å²) < 4.78 is 60.2. The number of aromatic nitrogens is 1. The number of rotatable bonds is 5. The number of aryl methyl sites for hydroxylation is 1. The second-order valence-corrected chi connectivity index (χ2v) is 8.29. The van der Waals surface area contributed by atoms with Crippen molar-refractivity contribution in [2.75, 3.05) is 4.72 Å². The number of primary sulfonamides is 1. The zero-order valence-electron chi connectivity index (χ0n) is 12.8. The summed E-state index contributed by atoms with van der Waals surface area (Å²) in [6, 6.07) is 7.85. The van der Waals surface area contributed by atoms with Crippen molar-refractivity contribution in [3.05, 3.63) is 48.4 Å². The van der Waals surface area contributed by atoms with E-state index in [2.05, 4.69) is 9.88 Å². The molecule has 2 aromatic heterocycles. The number of nitrogens with two attached hydrogens (primary N) is 1. The van der Waals surface area contributed by atoms with E-state index < -0.39 is 20.0 Å². The Morgan fingerprint density at radius 2 is 1.72 bits per heavy atom. The number of furan rings is 1. The number of nitrogens with one attached hydrogen (secondary N) is 1. The molecule has 0 amide bonds. The maximum Gasteiger partial charge on any atom is 0.265 e. The van der Waals surface area contributed by atoms with Gasteiger partial charge in [0.2, 0.25) is 15.8 Å². The zero-order chi connectivity index (χ0) is 18.2. The summed E-state index contributed by atoms with van der Waals surface area (Å²) in [6.07, 6.45) is 1.41. The van der Waals surface area contributed by atoms with Gasteiger partial charge in [-0.3, -0.25) is 4.72 Å². The van der Waals surface area contributed by atoms with Crippen molar-refractivity contribution < 1.29 is 25.8 Å². The van der Waals surface area contributed by atoms with Crippen LogP contribution in [0.1, 0.15) is 5.76 Å². The molecular weight excluding hydrogens is 370 g/mol. The minimum Gasteiger partial charge on any atom is -0.456 e. The van der Waals surface area contributed by atoms with E-state index in [-0.39, 0.29) is 27.0 Å². The number of anilines is 1. The Kier molecular flexibility index (Phi) is 4.14. The van der Waals surface area contributed by atoms with Crippen molar-refractivity contribution in [3.8, 4) is 11.5 Å². The standard InChI is InChI=1S/C14H13N3O6S2/c1-9-14(8-13(22-9)12-6-7-16-23-12)25(20,21)17-10-2-4-11(5-3-10)24(15,18)19/h2-8,17H,1H3,(H2,15,18,19). The average Bonchev–Trinajstić information content (AvgIpc) is 3.15. The quantitative estimate of drug-likeness (QED) is 0.681. The predicted octanol–water partition coefficient (Wildman–Crippen LogP) is 1.69. The summed E-state index contributed by atoms with van der Waals surface area (Å²) in [5.74, 6) is 0.682. The fraction of sp³-hybridized carbons (Fsp3) is 0.0714. The summed E-state index contributed by atoms with van der Waals surface area (Å²) in [4.78, 5) is -0.197. The first kappa shape index (κ1) is 17.2. The summed E-state index contributed by atoms with van der Waals surface area (Å²) >= 11 is 0. The van der Waals surface area contributed by atoms with Gasteiger partial charge in [0.25, 0.3) is 10.0 Å². The number of hydrogen-bond donors (Lipinski definition) is 2. The third-order valence-corrected chi connectivity index (χ3v) is 5.70. The van der Waals surface area contributed by atoms with Crippen LogP contribution >= 0.6 is 0 Å². The van der Waals surface area contributed by atoms with Crippen LogP contribution in [0.5, 0.6) is 0 Å². The van der Waals surface area contributed by atoms with E-state index in [1.54, 1.807) is 0 Å². The third-order valence-electron chi connectivity index (χ3n) is 3.28. The lowest BCUT2D eigenvalue weighted by atomic mass is 10.3. The van der Waals surface area contributed by atoms with E-state index in [4.69, 9.17) is 14.1 Å². The van der Waals surface area contributed by atoms with E-state index in [9.17, 15) is 16.8 Å². The Hall–Kier alpha value is -2.63. The van der Waals surface area contributed by atoms with Crippen LogP contribution in [0.3, 0.4) is 0 Å². The first-order valence-electron chi connectivity index (χ1n) is 6.84. The molecule has 3 aromatic rings. The number of hydrogen-bond acceptors (Lipinski definition) is 7. The van der Waals surface area contributed by atoms with Gasteiger partial charge in [-0.05, 0) is 31.2 Å². The Balaban J connectivity index is 1.90. The van der Waals surface area contributed by atoms with Crippen LogP contribution in [0.2, 0.25) is 0 Å². The van der Waals surface area contributed by atoms with Crippen molar-refractivity contribution in [2.24, 2.45) is 5.14 Å². The fourth-order valence-electron chi connectivity index (χ4n) is 2.12. The number of sulfonamides is 2. The summed E-state index contributed by atoms with van der Waals surface area (Å²) in [6.45, 7) is 1.50. The molecule has 0 atom stereocenters. The van der Waals surface area contributed by atoms with Crippen molar-refractivity contribution in [2.45, 2.75) is 16.7 Å². The first-order valence-corrected chi connectivity index (χ1v) is 9.87. The van der Waals surface area contributed by atoms with E-state index in [1.807, 2.05) is 0 Å². The van der Waals surface area contributed by atoms with Crippen molar-refractivity contribution in [3.63, 3.8) is 0 Å². The Morgan fingerprint density at radius 1 is 1.04 bits per heavy atom. The van der Waals surface area contributed by atoms with E-state index >= 15 is 0 Å². The molecule has 0 radical (unpaired) electrons. The molecule has 0 saturated carbocycles. The highest BCUT2D eigenvalue weighted by Crippen LogP contribution is 2.29. The predicted molar refractivity (Wildman–Crippen MR) is 87.6 cm³/mol. The van der Waals surface area contributed by atoms with Crippen LogP contribution in [-0.2, 0) is 20.0 Å². The van der Waals surface area contributed by atoms with Crippen LogP contribution in [-0.4, -0.2) is 22.0 Å². The van der Waals surface area contributed by atoms with Crippen LogP contribution in [0, 0.1) is 6.92 Å². The van der Waals surface area contributed by atoms with E-state index in [0.717, 1.165) is 0 Å². The molecule has 0 unspecified atom stereocenters. The summed E-state index contributed by atoms with van der Waals surface area (Å²) in [5, 5.41) is 8.54. The monoisotopic (exact) mass is 383 g/mol. The van der Waals surface area contributed by atoms with E-state index in [0.29, 0.717) is 5.76 Å². The molecule has 0 spiro atoms. The van der Waals surface area contributed by atoms with Gasteiger partial charge in [0.15, 0.2) is 5.76 Å². The van der Waals surface area contributed by atoms with Gasteiger partial charge in [-0.1, -0.05) is 5.16 Å². The molecule has 2 heterocycles. The van der Waals surface area contributed by atoms with Crippen molar-refractivity contribution in [1.29, 1.82) is 0 Å². The summed E-state index contributed by atoms with van der Waals surface area (Å²) in [7, 11) is -7.80. The summed E-state index contributed by atoms with van der Waals surface area (Å²) in [5.41, 5.74) is 0.175. The van der Waals surface area contributed by atoms with Gasteiger partial charge in [-0.25, -0.2) is 22.0 Å². The number of benzene rings is 1. The van der Waals surface area contributed by atoms with Crippen LogP contribution in [0.15, 0.2) is 61.3 Å². The lowest BCUT2D eigenvalue weighted by Crippen LogP contribution is -2.14. The number of nitrogens with zero attached hydrogens (tertiary/aromatic N) is 1. The second-order valence-electron chi connectivity index (χ2n) is 5.08. The minimum atomic E-state index is -3.95. The Morgan fingerprint density at radius 3 is 2.28 bits per heavy atom. The second kappa shape index (κ2) is 6.02. The van der Waals surface area contributed by atoms with E-state index in [1.165, 1.54) is 49.5 Å². The van der Waals surface area contributed by atoms with Crippen LogP contribution in [0.25, 0.3) is 11.5 Å². The highest BCUT2D eigenvalue weighted by molar-refractivity contribution is 7.92. The molecule has 3 N–H and O–H groups in total. The molecule has 0 aliphatic rings. The zero-order valence-corrected chi connectivity index (χ0v) is 14.5. The van der Waals surface area contributed by atoms with Gasteiger partial charge in [0, 0.05) is 17.8 Å². The van der Waals surface area contributed by atoms with Gasteiger partial charge in [0.05, 0.1) is 11.1 Å². The molecule has 0 aliphatic carbocycles. The molecule has 11 heteroatoms. The van der Waals surface area contributed by atoms with Crippen LogP contribution in [0.4, 0.5) is 5.69 Å². The van der Waals surface area contributed by atoms with Gasteiger partial charge in [-0.15, -0.1) is 0 Å². The Bertz CT molecular complexity index is 1100. The highest BCUT2D eigenvalue weighted by atomic mass is 32.2. The van der Waals surface area contributed by atoms with Crippen molar-refractivity contribution >= 4 is 25.7 Å². The van der Waals surface area contributed by atoms with Gasteiger partial charge in [0.1, 0.15) is 10.7 Å². The van der Waals surface area contributed by atoms with Gasteiger partial charge >= 0.3 is 0 Å². The lowest BCUT2D eigenvalue weighted by molar-refractivity contribution is 0.414. The topological polar surface area (TPSA) is 146 Å². The lowest BCUT2D eigenvalue weighted by Gasteiger charge is -2.07. The minimum absolute atomic E-state index is 0.0746. The SMILES string of the molecule is Cc1oc(-c2ccno2)cc1S(=O)(=O)Nc1ccc(S(N)(=O)=O)cc1. The molecule has 0 saturated heterocycles. The molecule has 1 aromatic carbocycles. The molecule has 9 nitrogen and oxygen atoms in total. The molecule has 25 heavy (non-hydrogen) atoms. The molecule has 132 valence electrons. The normalized spacial score (nSPS) is 12.2. The third kappa shape index (κ3) is 3.57. The fourth-order valence-corrected chi connectivity index (χ4v) is 3.87. The maximum absolute atomic E-state index is 12.5. The molecule has 0 bridgehead atoms. The highest BCUT2D eigenvalue weighted by Gasteiger charge is 2.23. The smallest absolute Gasteiger partial charge is 0.265 e. The van der Waals surface area contributed by atoms with Gasteiger partial charge in [-0.2, -0.15) is 0 Å². The largest absolute Gasteiger partial charge is 0.456 e. The molecule has 3 rings (SSSR count). The van der Waals surface area contributed by atoms with Crippen molar-refractivity contribution in [1.82, 2.24) is 5.16 Å². The molecular formula is C14H13N3O6S2.